The topological polar surface area (TPSA) is 120 Å². The van der Waals surface area contributed by atoms with Gasteiger partial charge >= 0.3 is 12.1 Å². The second-order valence-electron chi connectivity index (χ2n) is 6.97. The minimum atomic E-state index is -0.663. The second kappa shape index (κ2) is 13.0. The maximum atomic E-state index is 12.1. The minimum Gasteiger partial charge on any atom is -0.465 e. The van der Waals surface area contributed by atoms with Crippen LogP contribution in [0, 0.1) is 0 Å². The molecule has 0 aromatic heterocycles. The average Bonchev–Trinajstić information content (AvgIpc) is 2.80. The number of alkyl carbamates (subject to hydrolysis) is 1. The molecule has 0 aliphatic carbocycles. The Bertz CT molecular complexity index is 857. The van der Waals surface area contributed by atoms with Gasteiger partial charge in [-0.2, -0.15) is 0 Å². The van der Waals surface area contributed by atoms with Crippen molar-refractivity contribution in [3.8, 4) is 0 Å². The SMILES string of the molecule is COC(=O)c1cccc(CCNC(=O)[C@@H](N)CCCNC(=O)OCc2ccccc2)c1. The number of ether oxygens (including phenoxy) is 2. The van der Waals surface area contributed by atoms with Gasteiger partial charge < -0.3 is 25.8 Å². The van der Waals surface area contributed by atoms with Crippen molar-refractivity contribution in [2.24, 2.45) is 5.73 Å². The molecular weight excluding hydrogens is 398 g/mol. The fourth-order valence-electron chi connectivity index (χ4n) is 2.85. The monoisotopic (exact) mass is 427 g/mol. The number of carbonyl (C=O) groups is 3. The number of esters is 1. The highest BCUT2D eigenvalue weighted by Gasteiger charge is 2.13. The van der Waals surface area contributed by atoms with Crippen molar-refractivity contribution in [3.63, 3.8) is 0 Å². The number of amides is 2. The van der Waals surface area contributed by atoms with Crippen molar-refractivity contribution in [1.29, 1.82) is 0 Å². The smallest absolute Gasteiger partial charge is 0.407 e. The summed E-state index contributed by atoms with van der Waals surface area (Å²) in [5.41, 5.74) is 8.21. The van der Waals surface area contributed by atoms with Gasteiger partial charge in [-0.3, -0.25) is 4.79 Å². The first-order chi connectivity index (χ1) is 15.0. The number of methoxy groups -OCH3 is 1. The summed E-state index contributed by atoms with van der Waals surface area (Å²) in [5, 5.41) is 5.43. The van der Waals surface area contributed by atoms with Gasteiger partial charge in [0.05, 0.1) is 18.7 Å². The zero-order valence-electron chi connectivity index (χ0n) is 17.6. The highest BCUT2D eigenvalue weighted by atomic mass is 16.5. The molecule has 0 aliphatic heterocycles. The van der Waals surface area contributed by atoms with E-state index in [1.54, 1.807) is 18.2 Å². The van der Waals surface area contributed by atoms with Gasteiger partial charge in [0.1, 0.15) is 6.61 Å². The van der Waals surface area contributed by atoms with E-state index in [2.05, 4.69) is 10.6 Å². The molecule has 0 heterocycles. The molecule has 2 amide bonds. The fourth-order valence-corrected chi connectivity index (χ4v) is 2.85. The summed E-state index contributed by atoms with van der Waals surface area (Å²) in [7, 11) is 1.33. The first kappa shape index (κ1) is 23.9. The molecule has 0 saturated heterocycles. The molecule has 166 valence electrons. The van der Waals surface area contributed by atoms with Crippen molar-refractivity contribution < 1.29 is 23.9 Å². The standard InChI is InChI=1S/C23H29N3O5/c1-30-22(28)19-10-5-9-17(15-19)12-14-25-21(27)20(24)11-6-13-26-23(29)31-16-18-7-3-2-4-8-18/h2-5,7-10,15,20H,6,11-14,16,24H2,1H3,(H,25,27)(H,26,29)/t20-/m0/s1. The lowest BCUT2D eigenvalue weighted by Crippen LogP contribution is -2.41. The molecule has 0 fully saturated rings. The molecule has 0 unspecified atom stereocenters. The molecule has 0 spiro atoms. The molecule has 8 nitrogen and oxygen atoms in total. The molecule has 2 rings (SSSR count). The summed E-state index contributed by atoms with van der Waals surface area (Å²) in [6, 6.07) is 15.8. The molecule has 1 atom stereocenters. The summed E-state index contributed by atoms with van der Waals surface area (Å²) in [6.07, 6.45) is 1.05. The number of nitrogens with one attached hydrogen (secondary N) is 2. The molecule has 4 N–H and O–H groups in total. The molecule has 2 aromatic carbocycles. The van der Waals surface area contributed by atoms with E-state index in [0.29, 0.717) is 37.9 Å². The van der Waals surface area contributed by atoms with E-state index in [1.807, 2.05) is 36.4 Å². The quantitative estimate of drug-likeness (QED) is 0.373. The maximum absolute atomic E-state index is 12.1. The van der Waals surface area contributed by atoms with Crippen molar-refractivity contribution >= 4 is 18.0 Å². The van der Waals surface area contributed by atoms with Crippen molar-refractivity contribution in [3.05, 3.63) is 71.3 Å². The van der Waals surface area contributed by atoms with Gasteiger partial charge in [-0.15, -0.1) is 0 Å². The maximum Gasteiger partial charge on any atom is 0.407 e. The number of nitrogens with two attached hydrogens (primary N) is 1. The number of carbonyl (C=O) groups excluding carboxylic acids is 3. The van der Waals surface area contributed by atoms with Crippen LogP contribution in [-0.2, 0) is 27.3 Å². The van der Waals surface area contributed by atoms with E-state index in [1.165, 1.54) is 7.11 Å². The van der Waals surface area contributed by atoms with Crippen LogP contribution in [0.2, 0.25) is 0 Å². The minimum absolute atomic E-state index is 0.205. The van der Waals surface area contributed by atoms with Crippen LogP contribution in [-0.4, -0.2) is 44.2 Å². The Labute approximate surface area is 182 Å². The molecule has 2 aromatic rings. The molecule has 0 bridgehead atoms. The summed E-state index contributed by atoms with van der Waals surface area (Å²) in [4.78, 5) is 35.4. The van der Waals surface area contributed by atoms with Crippen LogP contribution in [0.15, 0.2) is 54.6 Å². The lowest BCUT2D eigenvalue weighted by Gasteiger charge is -2.13. The lowest BCUT2D eigenvalue weighted by molar-refractivity contribution is -0.122. The number of hydrogen-bond donors (Lipinski definition) is 3. The first-order valence-corrected chi connectivity index (χ1v) is 10.1. The van der Waals surface area contributed by atoms with Crippen LogP contribution in [0.25, 0.3) is 0 Å². The summed E-state index contributed by atoms with van der Waals surface area (Å²) in [5.74, 6) is -0.652. The van der Waals surface area contributed by atoms with E-state index in [9.17, 15) is 14.4 Å². The third-order valence-electron chi connectivity index (χ3n) is 4.57. The van der Waals surface area contributed by atoms with Gasteiger partial charge in [-0.05, 0) is 42.5 Å². The number of hydrogen-bond acceptors (Lipinski definition) is 6. The highest BCUT2D eigenvalue weighted by Crippen LogP contribution is 2.07. The van der Waals surface area contributed by atoms with Crippen molar-refractivity contribution in [1.82, 2.24) is 10.6 Å². The van der Waals surface area contributed by atoms with Crippen LogP contribution < -0.4 is 16.4 Å². The van der Waals surface area contributed by atoms with Crippen LogP contribution in [0.3, 0.4) is 0 Å². The number of benzene rings is 2. The Kier molecular flexibility index (Phi) is 10.0. The van der Waals surface area contributed by atoms with E-state index >= 15 is 0 Å². The molecular formula is C23H29N3O5. The zero-order chi connectivity index (χ0) is 22.5. The van der Waals surface area contributed by atoms with Crippen molar-refractivity contribution in [2.45, 2.75) is 31.9 Å². The number of rotatable bonds is 11. The molecule has 8 heteroatoms. The van der Waals surface area contributed by atoms with Gasteiger partial charge in [0.25, 0.3) is 0 Å². The summed E-state index contributed by atoms with van der Waals surface area (Å²) < 4.78 is 9.82. The zero-order valence-corrected chi connectivity index (χ0v) is 17.6. The average molecular weight is 428 g/mol. The van der Waals surface area contributed by atoms with Crippen LogP contribution >= 0.6 is 0 Å². The van der Waals surface area contributed by atoms with Gasteiger partial charge in [-0.1, -0.05) is 42.5 Å². The van der Waals surface area contributed by atoms with E-state index in [4.69, 9.17) is 15.2 Å². The van der Waals surface area contributed by atoms with Gasteiger partial charge in [-0.25, -0.2) is 9.59 Å². The predicted molar refractivity (Wildman–Crippen MR) is 116 cm³/mol. The van der Waals surface area contributed by atoms with Crippen LogP contribution in [0.5, 0.6) is 0 Å². The second-order valence-corrected chi connectivity index (χ2v) is 6.97. The predicted octanol–water partition coefficient (Wildman–Crippen LogP) is 2.17. The molecule has 0 aliphatic rings. The Hall–Kier alpha value is -3.39. The van der Waals surface area contributed by atoms with E-state index in [0.717, 1.165) is 11.1 Å². The third kappa shape index (κ3) is 8.88. The van der Waals surface area contributed by atoms with Crippen LogP contribution in [0.1, 0.15) is 34.3 Å². The van der Waals surface area contributed by atoms with Gasteiger partial charge in [0.2, 0.25) is 5.91 Å². The first-order valence-electron chi connectivity index (χ1n) is 10.1. The largest absolute Gasteiger partial charge is 0.465 e. The fraction of sp³-hybridized carbons (Fsp3) is 0.348. The molecule has 0 radical (unpaired) electrons. The Balaban J connectivity index is 1.58. The lowest BCUT2D eigenvalue weighted by atomic mass is 10.1. The third-order valence-corrected chi connectivity index (χ3v) is 4.57. The van der Waals surface area contributed by atoms with E-state index < -0.39 is 18.1 Å². The Morgan fingerprint density at radius 3 is 2.45 bits per heavy atom. The summed E-state index contributed by atoms with van der Waals surface area (Å²) in [6.45, 7) is 0.979. The normalized spacial score (nSPS) is 11.3. The highest BCUT2D eigenvalue weighted by molar-refractivity contribution is 5.89. The Morgan fingerprint density at radius 2 is 1.71 bits per heavy atom. The molecule has 31 heavy (non-hydrogen) atoms. The van der Waals surface area contributed by atoms with Crippen LogP contribution in [0.4, 0.5) is 4.79 Å². The van der Waals surface area contributed by atoms with Gasteiger partial charge in [0.15, 0.2) is 0 Å². The van der Waals surface area contributed by atoms with Gasteiger partial charge in [0, 0.05) is 13.1 Å². The Morgan fingerprint density at radius 1 is 0.968 bits per heavy atom. The van der Waals surface area contributed by atoms with E-state index in [-0.39, 0.29) is 12.5 Å². The van der Waals surface area contributed by atoms with Crippen molar-refractivity contribution in [2.75, 3.05) is 20.2 Å². The molecule has 0 saturated carbocycles. The summed E-state index contributed by atoms with van der Waals surface area (Å²) >= 11 is 0.